The minimum atomic E-state index is 0.301. The van der Waals surface area contributed by atoms with Crippen LogP contribution in [0.2, 0.25) is 0 Å². The zero-order valence-corrected chi connectivity index (χ0v) is 22.0. The molecule has 2 aliphatic rings. The topological polar surface area (TPSA) is 8.17 Å². The van der Waals surface area contributed by atoms with Crippen LogP contribution in [-0.2, 0) is 0 Å². The van der Waals surface area contributed by atoms with Gasteiger partial charge in [0.1, 0.15) is 0 Å². The monoisotopic (exact) mass is 516 g/mol. The van der Waals surface area contributed by atoms with Crippen molar-refractivity contribution in [2.24, 2.45) is 0 Å². The number of allylic oxidation sites excluding steroid dienone is 2. The Balaban J connectivity index is 1.33. The van der Waals surface area contributed by atoms with Gasteiger partial charge in [0.05, 0.1) is 34.1 Å². The van der Waals surface area contributed by atoms with Gasteiger partial charge < -0.3 is 9.47 Å². The van der Waals surface area contributed by atoms with E-state index in [2.05, 4.69) is 137 Å². The van der Waals surface area contributed by atoms with Gasteiger partial charge in [0.2, 0.25) is 0 Å². The second-order valence-corrected chi connectivity index (χ2v) is 11.5. The first-order chi connectivity index (χ1) is 19.4. The van der Waals surface area contributed by atoms with E-state index in [0.29, 0.717) is 6.04 Å². The summed E-state index contributed by atoms with van der Waals surface area (Å²) in [6, 6.07) is 38.5. The predicted molar refractivity (Wildman–Crippen MR) is 168 cm³/mol. The highest BCUT2D eigenvalue weighted by Crippen LogP contribution is 2.49. The zero-order valence-electron chi connectivity index (χ0n) is 21.2. The number of aromatic nitrogens is 1. The summed E-state index contributed by atoms with van der Waals surface area (Å²) >= 11 is 1.90. The smallest absolute Gasteiger partial charge is 0.0779 e. The molecule has 0 bridgehead atoms. The molecule has 2 aromatic heterocycles. The number of nitrogens with zero attached hydrogens (tertiary/aromatic N) is 2. The summed E-state index contributed by atoms with van der Waals surface area (Å²) in [5, 5.41) is 5.30. The van der Waals surface area contributed by atoms with Crippen LogP contribution in [0.25, 0.3) is 58.8 Å². The van der Waals surface area contributed by atoms with Gasteiger partial charge in [-0.15, -0.1) is 11.3 Å². The number of anilines is 2. The van der Waals surface area contributed by atoms with E-state index >= 15 is 0 Å². The standard InChI is InChI=1S/C36H24N2S/c1-2-10-24(11-3-1)37-31-16-5-6-17-32(31)38-30-21-20-23(22-29(30)27-14-9-18-33(37)35(27)38)25-13-8-15-28-26-12-4-7-19-34(26)39-36(25)28/h1-10,12-22,24H,11H2. The van der Waals surface area contributed by atoms with Crippen molar-refractivity contribution in [1.82, 2.24) is 4.57 Å². The van der Waals surface area contributed by atoms with Gasteiger partial charge in [-0.2, -0.15) is 0 Å². The molecule has 39 heavy (non-hydrogen) atoms. The van der Waals surface area contributed by atoms with Crippen molar-refractivity contribution in [3.05, 3.63) is 127 Å². The van der Waals surface area contributed by atoms with Gasteiger partial charge >= 0.3 is 0 Å². The van der Waals surface area contributed by atoms with Crippen LogP contribution in [0.4, 0.5) is 11.4 Å². The van der Waals surface area contributed by atoms with E-state index in [1.54, 1.807) is 0 Å². The highest BCUT2D eigenvalue weighted by Gasteiger charge is 2.30. The van der Waals surface area contributed by atoms with Crippen molar-refractivity contribution < 1.29 is 0 Å². The zero-order chi connectivity index (χ0) is 25.5. The molecule has 0 fully saturated rings. The highest BCUT2D eigenvalue weighted by molar-refractivity contribution is 7.26. The lowest BCUT2D eigenvalue weighted by molar-refractivity contribution is 0.778. The third-order valence-electron chi connectivity index (χ3n) is 8.41. The number of thiophene rings is 1. The molecular formula is C36H24N2S. The van der Waals surface area contributed by atoms with Gasteiger partial charge in [0, 0.05) is 30.9 Å². The quantitative estimate of drug-likeness (QED) is 0.222. The SMILES string of the molecule is C1=CCC(N2c3ccccc3-n3c4ccc(-c5cccc6c5sc5ccccc56)cc4c4cccc2c43)C=C1. The van der Waals surface area contributed by atoms with Crippen molar-refractivity contribution in [3.8, 4) is 16.8 Å². The van der Waals surface area contributed by atoms with E-state index in [0.717, 1.165) is 6.42 Å². The largest absolute Gasteiger partial charge is 0.331 e. The molecule has 9 rings (SSSR count). The minimum Gasteiger partial charge on any atom is -0.331 e. The van der Waals surface area contributed by atoms with Gasteiger partial charge in [-0.05, 0) is 53.9 Å². The second-order valence-electron chi connectivity index (χ2n) is 10.5. The Labute approximate surface area is 230 Å². The molecule has 0 saturated heterocycles. The molecule has 0 N–H and O–H groups in total. The predicted octanol–water partition coefficient (Wildman–Crippen LogP) is 10.2. The number of hydrogen-bond donors (Lipinski definition) is 0. The lowest BCUT2D eigenvalue weighted by Gasteiger charge is -2.37. The van der Waals surface area contributed by atoms with Gasteiger partial charge in [0.25, 0.3) is 0 Å². The Bertz CT molecular complexity index is 2170. The van der Waals surface area contributed by atoms with Crippen molar-refractivity contribution in [2.45, 2.75) is 12.5 Å². The van der Waals surface area contributed by atoms with Gasteiger partial charge in [0.15, 0.2) is 0 Å². The van der Waals surface area contributed by atoms with Gasteiger partial charge in [-0.3, -0.25) is 0 Å². The molecule has 1 aliphatic carbocycles. The number of rotatable bonds is 2. The molecule has 2 nitrogen and oxygen atoms in total. The Hall–Kier alpha value is -4.60. The van der Waals surface area contributed by atoms with Crippen LogP contribution in [0.3, 0.4) is 0 Å². The summed E-state index contributed by atoms with van der Waals surface area (Å²) in [7, 11) is 0. The van der Waals surface area contributed by atoms with Crippen molar-refractivity contribution in [2.75, 3.05) is 4.90 Å². The summed E-state index contributed by atoms with van der Waals surface area (Å²) in [5.74, 6) is 0. The fraction of sp³-hybridized carbons (Fsp3) is 0.0556. The van der Waals surface area contributed by atoms with Crippen LogP contribution in [0, 0.1) is 0 Å². The van der Waals surface area contributed by atoms with E-state index < -0.39 is 0 Å². The van der Waals surface area contributed by atoms with Gasteiger partial charge in [-0.1, -0.05) is 91.0 Å². The number of benzene rings is 5. The molecule has 1 aliphatic heterocycles. The fourth-order valence-corrected chi connectivity index (χ4v) is 7.98. The average Bonchev–Trinajstić information content (AvgIpc) is 3.55. The minimum absolute atomic E-state index is 0.301. The van der Waals surface area contributed by atoms with E-state index in [4.69, 9.17) is 0 Å². The fourth-order valence-electron chi connectivity index (χ4n) is 6.74. The van der Waals surface area contributed by atoms with Crippen molar-refractivity contribution >= 4 is 64.7 Å². The molecule has 0 amide bonds. The van der Waals surface area contributed by atoms with E-state index in [1.807, 2.05) is 11.3 Å². The van der Waals surface area contributed by atoms with Crippen LogP contribution in [0.15, 0.2) is 127 Å². The molecule has 5 aromatic carbocycles. The lowest BCUT2D eigenvalue weighted by atomic mass is 10.00. The first-order valence-electron chi connectivity index (χ1n) is 13.6. The van der Waals surface area contributed by atoms with Crippen molar-refractivity contribution in [1.29, 1.82) is 0 Å². The first-order valence-corrected chi connectivity index (χ1v) is 14.4. The molecular weight excluding hydrogens is 492 g/mol. The Morgan fingerprint density at radius 2 is 1.44 bits per heavy atom. The Morgan fingerprint density at radius 3 is 2.36 bits per heavy atom. The van der Waals surface area contributed by atoms with E-state index in [1.165, 1.54) is 70.2 Å². The molecule has 0 saturated carbocycles. The molecule has 184 valence electrons. The van der Waals surface area contributed by atoms with Crippen LogP contribution >= 0.6 is 11.3 Å². The van der Waals surface area contributed by atoms with Crippen LogP contribution in [0.1, 0.15) is 6.42 Å². The highest BCUT2D eigenvalue weighted by atomic mass is 32.1. The number of para-hydroxylation sites is 3. The molecule has 0 spiro atoms. The average molecular weight is 517 g/mol. The Morgan fingerprint density at radius 1 is 0.641 bits per heavy atom. The molecule has 1 unspecified atom stereocenters. The summed E-state index contributed by atoms with van der Waals surface area (Å²) in [6.07, 6.45) is 9.95. The maximum absolute atomic E-state index is 2.54. The molecule has 3 heterocycles. The third kappa shape index (κ3) is 2.91. The van der Waals surface area contributed by atoms with Gasteiger partial charge in [-0.25, -0.2) is 0 Å². The van der Waals surface area contributed by atoms with Crippen LogP contribution < -0.4 is 4.90 Å². The van der Waals surface area contributed by atoms with Crippen molar-refractivity contribution in [3.63, 3.8) is 0 Å². The number of fused-ring (bicyclic) bond motifs is 8. The normalized spacial score (nSPS) is 16.1. The Kier molecular flexibility index (Phi) is 4.35. The molecule has 7 aromatic rings. The van der Waals surface area contributed by atoms with Crippen LogP contribution in [0.5, 0.6) is 0 Å². The summed E-state index contributed by atoms with van der Waals surface area (Å²) < 4.78 is 5.19. The second kappa shape index (κ2) is 7.95. The molecule has 1 atom stereocenters. The lowest BCUT2D eigenvalue weighted by Crippen LogP contribution is -2.32. The van der Waals surface area contributed by atoms with E-state index in [-0.39, 0.29) is 0 Å². The number of hydrogen-bond acceptors (Lipinski definition) is 2. The first kappa shape index (κ1) is 21.3. The summed E-state index contributed by atoms with van der Waals surface area (Å²) in [6.45, 7) is 0. The molecule has 3 heteroatoms. The third-order valence-corrected chi connectivity index (χ3v) is 9.63. The molecule has 0 radical (unpaired) electrons. The maximum Gasteiger partial charge on any atom is 0.0779 e. The maximum atomic E-state index is 2.54. The van der Waals surface area contributed by atoms with Crippen LogP contribution in [-0.4, -0.2) is 10.6 Å². The summed E-state index contributed by atoms with van der Waals surface area (Å²) in [5.41, 5.74) is 8.93. The van der Waals surface area contributed by atoms with E-state index in [9.17, 15) is 0 Å². The summed E-state index contributed by atoms with van der Waals surface area (Å²) in [4.78, 5) is 2.54.